The van der Waals surface area contributed by atoms with E-state index in [1.807, 2.05) is 0 Å². The van der Waals surface area contributed by atoms with Crippen LogP contribution in [0.25, 0.3) is 0 Å². The molecule has 4 heteroatoms. The lowest BCUT2D eigenvalue weighted by Crippen LogP contribution is -2.58. The van der Waals surface area contributed by atoms with E-state index >= 15 is 0 Å². The number of fused-ring (bicyclic) bond motifs is 6. The van der Waals surface area contributed by atoms with Crippen LogP contribution in [0.2, 0.25) is 0 Å². The first-order chi connectivity index (χ1) is 17.7. The third-order valence-corrected chi connectivity index (χ3v) is 12.8. The highest BCUT2D eigenvalue weighted by atomic mass is 16.3. The summed E-state index contributed by atoms with van der Waals surface area (Å²) in [6, 6.07) is 8.54. The van der Waals surface area contributed by atoms with Crippen LogP contribution in [0.3, 0.4) is 0 Å². The van der Waals surface area contributed by atoms with Gasteiger partial charge in [-0.1, -0.05) is 45.0 Å². The summed E-state index contributed by atoms with van der Waals surface area (Å²) in [5, 5.41) is 22.1. The molecule has 0 spiro atoms. The van der Waals surface area contributed by atoms with Crippen molar-refractivity contribution in [3.63, 3.8) is 0 Å². The first-order valence-electron chi connectivity index (χ1n) is 15.4. The standard InChI is InChI=1S/C33H49NO3/c1-21(8-13-31(37)34-17-15-22-6-4-5-7-23(22)20-34)27-11-12-28-26-10-9-24-18-25(35)14-16-32(24,2)29(26)19-30(36)33(27,28)3/h4-7,21,24-30,35-36H,8-20H2,1-3H3/t21-,24+,25-,26+,27+,28-,29-,30+,32+,33-/m1/s1. The highest BCUT2D eigenvalue weighted by Crippen LogP contribution is 2.68. The van der Waals surface area contributed by atoms with E-state index in [0.717, 1.165) is 57.5 Å². The van der Waals surface area contributed by atoms with E-state index in [1.54, 1.807) is 0 Å². The number of amides is 1. The van der Waals surface area contributed by atoms with Crippen LogP contribution in [0.5, 0.6) is 0 Å². The van der Waals surface area contributed by atoms with E-state index in [9.17, 15) is 15.0 Å². The summed E-state index contributed by atoms with van der Waals surface area (Å²) in [5.74, 6) is 3.81. The van der Waals surface area contributed by atoms with E-state index in [1.165, 1.54) is 36.8 Å². The Hall–Kier alpha value is -1.39. The van der Waals surface area contributed by atoms with Gasteiger partial charge in [0.05, 0.1) is 12.2 Å². The van der Waals surface area contributed by atoms with Gasteiger partial charge in [0.25, 0.3) is 0 Å². The summed E-state index contributed by atoms with van der Waals surface area (Å²) in [5.41, 5.74) is 2.96. The fourth-order valence-electron chi connectivity index (χ4n) is 10.6. The molecule has 0 aromatic heterocycles. The predicted octanol–water partition coefficient (Wildman–Crippen LogP) is 5.98. The van der Waals surface area contributed by atoms with Crippen LogP contribution in [0.1, 0.15) is 96.1 Å². The number of aliphatic hydroxyl groups is 2. The van der Waals surface area contributed by atoms with Crippen molar-refractivity contribution in [2.75, 3.05) is 6.54 Å². The summed E-state index contributed by atoms with van der Waals surface area (Å²) in [6.07, 6.45) is 11.1. The molecule has 2 N–H and O–H groups in total. The van der Waals surface area contributed by atoms with Gasteiger partial charge >= 0.3 is 0 Å². The number of rotatable bonds is 4. The summed E-state index contributed by atoms with van der Waals surface area (Å²) < 4.78 is 0. The highest BCUT2D eigenvalue weighted by molar-refractivity contribution is 5.76. The predicted molar refractivity (Wildman–Crippen MR) is 147 cm³/mol. The van der Waals surface area contributed by atoms with E-state index in [0.29, 0.717) is 41.9 Å². The number of hydrogen-bond donors (Lipinski definition) is 2. The Labute approximate surface area is 224 Å². The molecule has 4 nitrogen and oxygen atoms in total. The molecule has 0 saturated heterocycles. The van der Waals surface area contributed by atoms with Gasteiger partial charge in [-0.15, -0.1) is 0 Å². The lowest BCUT2D eigenvalue weighted by molar-refractivity contribution is -0.175. The molecular weight excluding hydrogens is 458 g/mol. The molecule has 1 heterocycles. The number of carbonyl (C=O) groups is 1. The molecule has 10 atom stereocenters. The van der Waals surface area contributed by atoms with Crippen LogP contribution in [0.15, 0.2) is 24.3 Å². The minimum atomic E-state index is -0.245. The van der Waals surface area contributed by atoms with Crippen LogP contribution < -0.4 is 0 Å². The molecule has 1 amide bonds. The molecular formula is C33H49NO3. The van der Waals surface area contributed by atoms with Gasteiger partial charge in [-0.25, -0.2) is 0 Å². The SMILES string of the molecule is C[C@H](CCC(=O)N1CCc2ccccc2C1)[C@@H]1CC[C@@H]2[C@@H]3CC[C@H]4C[C@H](O)CC[C@]4(C)[C@@H]3C[C@H](O)[C@@]21C. The van der Waals surface area contributed by atoms with Crippen molar-refractivity contribution < 1.29 is 15.0 Å². The minimum Gasteiger partial charge on any atom is -0.393 e. The van der Waals surface area contributed by atoms with E-state index in [2.05, 4.69) is 49.9 Å². The molecule has 0 unspecified atom stereocenters. The zero-order chi connectivity index (χ0) is 25.9. The molecule has 0 bridgehead atoms. The maximum absolute atomic E-state index is 13.2. The lowest BCUT2D eigenvalue weighted by atomic mass is 9.43. The van der Waals surface area contributed by atoms with Crippen LogP contribution in [0.4, 0.5) is 0 Å². The highest BCUT2D eigenvalue weighted by Gasteiger charge is 2.63. The first kappa shape index (κ1) is 25.9. The monoisotopic (exact) mass is 507 g/mol. The Morgan fingerprint density at radius 1 is 1.03 bits per heavy atom. The first-order valence-corrected chi connectivity index (χ1v) is 15.4. The van der Waals surface area contributed by atoms with Crippen molar-refractivity contribution in [1.29, 1.82) is 0 Å². The third kappa shape index (κ3) is 4.20. The summed E-state index contributed by atoms with van der Waals surface area (Å²) >= 11 is 0. The molecule has 5 aliphatic rings. The number of benzene rings is 1. The molecule has 4 saturated carbocycles. The van der Waals surface area contributed by atoms with Crippen molar-refractivity contribution in [3.8, 4) is 0 Å². The fourth-order valence-corrected chi connectivity index (χ4v) is 10.6. The topological polar surface area (TPSA) is 60.8 Å². The van der Waals surface area contributed by atoms with Crippen LogP contribution in [0, 0.1) is 46.3 Å². The molecule has 4 fully saturated rings. The smallest absolute Gasteiger partial charge is 0.222 e. The normalized spacial score (nSPS) is 43.8. The van der Waals surface area contributed by atoms with Crippen LogP contribution >= 0.6 is 0 Å². The second-order valence-corrected chi connectivity index (χ2v) is 14.2. The summed E-state index contributed by atoms with van der Waals surface area (Å²) in [4.78, 5) is 15.3. The molecule has 4 aliphatic carbocycles. The van der Waals surface area contributed by atoms with Gasteiger partial charge in [0.15, 0.2) is 0 Å². The zero-order valence-corrected chi connectivity index (χ0v) is 23.4. The van der Waals surface area contributed by atoms with Gasteiger partial charge < -0.3 is 15.1 Å². The Morgan fingerprint density at radius 2 is 1.81 bits per heavy atom. The molecule has 1 aromatic carbocycles. The molecule has 0 radical (unpaired) electrons. The van der Waals surface area contributed by atoms with E-state index in [-0.39, 0.29) is 23.0 Å². The molecule has 204 valence electrons. The van der Waals surface area contributed by atoms with Crippen molar-refractivity contribution in [1.82, 2.24) is 4.90 Å². The number of aliphatic hydroxyl groups excluding tert-OH is 2. The molecule has 37 heavy (non-hydrogen) atoms. The average molecular weight is 508 g/mol. The average Bonchev–Trinajstić information content (AvgIpc) is 3.26. The second kappa shape index (κ2) is 9.66. The summed E-state index contributed by atoms with van der Waals surface area (Å²) in [7, 11) is 0. The lowest BCUT2D eigenvalue weighted by Gasteiger charge is -2.62. The van der Waals surface area contributed by atoms with Crippen molar-refractivity contribution in [2.24, 2.45) is 46.3 Å². The second-order valence-electron chi connectivity index (χ2n) is 14.2. The van der Waals surface area contributed by atoms with Crippen LogP contribution in [-0.4, -0.2) is 39.8 Å². The Morgan fingerprint density at radius 3 is 2.62 bits per heavy atom. The maximum Gasteiger partial charge on any atom is 0.222 e. The Balaban J connectivity index is 1.11. The number of nitrogens with zero attached hydrogens (tertiary/aromatic N) is 1. The molecule has 1 aromatic rings. The van der Waals surface area contributed by atoms with Gasteiger partial charge in [-0.2, -0.15) is 0 Å². The van der Waals surface area contributed by atoms with Gasteiger partial charge in [-0.05, 0) is 122 Å². The van der Waals surface area contributed by atoms with E-state index in [4.69, 9.17) is 0 Å². The largest absolute Gasteiger partial charge is 0.393 e. The van der Waals surface area contributed by atoms with Gasteiger partial charge in [0, 0.05) is 19.5 Å². The fraction of sp³-hybridized carbons (Fsp3) is 0.788. The van der Waals surface area contributed by atoms with Gasteiger partial charge in [0.2, 0.25) is 5.91 Å². The maximum atomic E-state index is 13.2. The van der Waals surface area contributed by atoms with Crippen LogP contribution in [-0.2, 0) is 17.8 Å². The quantitative estimate of drug-likeness (QED) is 0.527. The summed E-state index contributed by atoms with van der Waals surface area (Å²) in [6.45, 7) is 8.86. The van der Waals surface area contributed by atoms with Crippen molar-refractivity contribution in [3.05, 3.63) is 35.4 Å². The minimum absolute atomic E-state index is 0.0227. The molecule has 1 aliphatic heterocycles. The molecule has 6 rings (SSSR count). The van der Waals surface area contributed by atoms with Gasteiger partial charge in [0.1, 0.15) is 0 Å². The zero-order valence-electron chi connectivity index (χ0n) is 23.4. The number of hydrogen-bond acceptors (Lipinski definition) is 3. The van der Waals surface area contributed by atoms with Crippen molar-refractivity contribution in [2.45, 2.75) is 110 Å². The third-order valence-electron chi connectivity index (χ3n) is 12.8. The van der Waals surface area contributed by atoms with Gasteiger partial charge in [-0.3, -0.25) is 4.79 Å². The Bertz CT molecular complexity index is 1010. The van der Waals surface area contributed by atoms with E-state index < -0.39 is 0 Å². The Kier molecular flexibility index (Phi) is 6.75. The number of carbonyl (C=O) groups excluding carboxylic acids is 1. The van der Waals surface area contributed by atoms with Crippen molar-refractivity contribution >= 4 is 5.91 Å².